The minimum atomic E-state index is 0.336. The zero-order chi connectivity index (χ0) is 14.7. The Labute approximate surface area is 135 Å². The van der Waals surface area contributed by atoms with Crippen molar-refractivity contribution in [3.8, 4) is 5.75 Å². The number of hydrogen-bond donors (Lipinski definition) is 2. The Balaban J connectivity index is 1.65. The second kappa shape index (κ2) is 7.12. The number of aliphatic hydroxyl groups is 1. The molecule has 4 heteroatoms. The summed E-state index contributed by atoms with van der Waals surface area (Å²) in [6.07, 6.45) is 6.01. The predicted octanol–water partition coefficient (Wildman–Crippen LogP) is 3.66. The number of hydrogen-bond acceptors (Lipinski definition) is 3. The summed E-state index contributed by atoms with van der Waals surface area (Å²) in [5.74, 6) is 2.10. The van der Waals surface area contributed by atoms with Crippen molar-refractivity contribution >= 4 is 15.9 Å². The molecule has 1 fully saturated rings. The average molecular weight is 354 g/mol. The number of fused-ring (bicyclic) bond motifs is 1. The molecule has 1 aromatic rings. The first-order valence-electron chi connectivity index (χ1n) is 8.04. The van der Waals surface area contributed by atoms with Crippen LogP contribution in [0.25, 0.3) is 0 Å². The molecule has 3 unspecified atom stereocenters. The molecule has 0 bridgehead atoms. The first-order valence-corrected chi connectivity index (χ1v) is 8.83. The maximum atomic E-state index is 9.54. The van der Waals surface area contributed by atoms with Gasteiger partial charge in [-0.1, -0.05) is 28.8 Å². The van der Waals surface area contributed by atoms with Gasteiger partial charge in [-0.3, -0.25) is 0 Å². The van der Waals surface area contributed by atoms with Crippen molar-refractivity contribution in [3.05, 3.63) is 28.2 Å². The van der Waals surface area contributed by atoms with Gasteiger partial charge in [0, 0.05) is 29.1 Å². The van der Waals surface area contributed by atoms with Crippen molar-refractivity contribution in [1.82, 2.24) is 5.32 Å². The summed E-state index contributed by atoms with van der Waals surface area (Å²) < 4.78 is 6.84. The van der Waals surface area contributed by atoms with Crippen LogP contribution in [0.4, 0.5) is 0 Å². The molecule has 0 aromatic heterocycles. The van der Waals surface area contributed by atoms with Gasteiger partial charge < -0.3 is 15.2 Å². The van der Waals surface area contributed by atoms with Gasteiger partial charge in [0.05, 0.1) is 6.61 Å². The standard InChI is InChI=1S/C17H24BrNO2/c18-14-5-6-17-15(9-14)16(7-8-21-17)19-10-12-3-1-2-4-13(12)11-20/h5-6,9,12-13,16,19-20H,1-4,7-8,10-11H2. The van der Waals surface area contributed by atoms with Gasteiger partial charge in [0.15, 0.2) is 0 Å². The van der Waals surface area contributed by atoms with E-state index in [0.717, 1.165) is 29.8 Å². The number of halogens is 1. The van der Waals surface area contributed by atoms with Crippen molar-refractivity contribution < 1.29 is 9.84 Å². The zero-order valence-corrected chi connectivity index (χ0v) is 13.9. The van der Waals surface area contributed by atoms with Crippen molar-refractivity contribution in [2.75, 3.05) is 19.8 Å². The Morgan fingerprint density at radius 3 is 2.81 bits per heavy atom. The minimum absolute atomic E-state index is 0.336. The van der Waals surface area contributed by atoms with E-state index in [0.29, 0.717) is 24.5 Å². The number of ether oxygens (including phenoxy) is 1. The average Bonchev–Trinajstić information content (AvgIpc) is 2.53. The molecule has 3 rings (SSSR count). The van der Waals surface area contributed by atoms with Gasteiger partial charge >= 0.3 is 0 Å². The number of nitrogens with one attached hydrogen (secondary N) is 1. The van der Waals surface area contributed by atoms with E-state index in [1.54, 1.807) is 0 Å². The number of rotatable bonds is 4. The highest BCUT2D eigenvalue weighted by Crippen LogP contribution is 2.35. The normalized spacial score (nSPS) is 28.8. The monoisotopic (exact) mass is 353 g/mol. The van der Waals surface area contributed by atoms with E-state index in [2.05, 4.69) is 27.3 Å². The lowest BCUT2D eigenvalue weighted by Gasteiger charge is -2.33. The predicted molar refractivity (Wildman–Crippen MR) is 87.5 cm³/mol. The maximum absolute atomic E-state index is 9.54. The van der Waals surface area contributed by atoms with Crippen LogP contribution in [-0.4, -0.2) is 24.9 Å². The zero-order valence-electron chi connectivity index (χ0n) is 12.4. The Kier molecular flexibility index (Phi) is 5.19. The van der Waals surface area contributed by atoms with Crippen molar-refractivity contribution in [2.45, 2.75) is 38.1 Å². The molecular weight excluding hydrogens is 330 g/mol. The van der Waals surface area contributed by atoms with E-state index in [1.165, 1.54) is 31.2 Å². The summed E-state index contributed by atoms with van der Waals surface area (Å²) >= 11 is 3.55. The largest absolute Gasteiger partial charge is 0.493 e. The highest BCUT2D eigenvalue weighted by atomic mass is 79.9. The topological polar surface area (TPSA) is 41.5 Å². The highest BCUT2D eigenvalue weighted by molar-refractivity contribution is 9.10. The SMILES string of the molecule is OCC1CCCCC1CNC1CCOc2ccc(Br)cc21. The molecule has 116 valence electrons. The third-order valence-electron chi connectivity index (χ3n) is 4.94. The molecule has 0 radical (unpaired) electrons. The summed E-state index contributed by atoms with van der Waals surface area (Å²) in [6.45, 7) is 2.12. The summed E-state index contributed by atoms with van der Waals surface area (Å²) in [4.78, 5) is 0. The van der Waals surface area contributed by atoms with Crippen LogP contribution in [0.5, 0.6) is 5.75 Å². The van der Waals surface area contributed by atoms with Crippen LogP contribution in [0.3, 0.4) is 0 Å². The third-order valence-corrected chi connectivity index (χ3v) is 5.43. The quantitative estimate of drug-likeness (QED) is 0.867. The first-order chi connectivity index (χ1) is 10.3. The molecule has 3 nitrogen and oxygen atoms in total. The molecule has 21 heavy (non-hydrogen) atoms. The van der Waals surface area contributed by atoms with E-state index in [-0.39, 0.29) is 0 Å². The van der Waals surface area contributed by atoms with Crippen LogP contribution < -0.4 is 10.1 Å². The molecule has 0 amide bonds. The molecular formula is C17H24BrNO2. The Hall–Kier alpha value is -0.580. The molecule has 1 aliphatic heterocycles. The molecule has 1 aromatic carbocycles. The second-order valence-electron chi connectivity index (χ2n) is 6.27. The van der Waals surface area contributed by atoms with Crippen LogP contribution in [0.2, 0.25) is 0 Å². The van der Waals surface area contributed by atoms with Crippen molar-refractivity contribution in [1.29, 1.82) is 0 Å². The van der Waals surface area contributed by atoms with Gasteiger partial charge in [0.2, 0.25) is 0 Å². The Morgan fingerprint density at radius 2 is 2.00 bits per heavy atom. The molecule has 1 heterocycles. The van der Waals surface area contributed by atoms with Crippen LogP contribution in [0.1, 0.15) is 43.7 Å². The lowest BCUT2D eigenvalue weighted by Crippen LogP contribution is -2.36. The van der Waals surface area contributed by atoms with E-state index in [9.17, 15) is 5.11 Å². The smallest absolute Gasteiger partial charge is 0.124 e. The van der Waals surface area contributed by atoms with Crippen molar-refractivity contribution in [2.24, 2.45) is 11.8 Å². The van der Waals surface area contributed by atoms with Gasteiger partial charge in [0.25, 0.3) is 0 Å². The molecule has 0 spiro atoms. The van der Waals surface area contributed by atoms with Gasteiger partial charge in [-0.05, 0) is 49.4 Å². The Bertz CT molecular complexity index is 480. The maximum Gasteiger partial charge on any atom is 0.124 e. The first kappa shape index (κ1) is 15.3. The van der Waals surface area contributed by atoms with Crippen LogP contribution in [0.15, 0.2) is 22.7 Å². The van der Waals surface area contributed by atoms with Gasteiger partial charge in [-0.15, -0.1) is 0 Å². The lowest BCUT2D eigenvalue weighted by molar-refractivity contribution is 0.128. The minimum Gasteiger partial charge on any atom is -0.493 e. The number of benzene rings is 1. The third kappa shape index (κ3) is 3.61. The molecule has 1 aliphatic carbocycles. The summed E-state index contributed by atoms with van der Waals surface area (Å²) in [6, 6.07) is 6.61. The van der Waals surface area contributed by atoms with Crippen LogP contribution in [0, 0.1) is 11.8 Å². The Morgan fingerprint density at radius 1 is 1.19 bits per heavy atom. The lowest BCUT2D eigenvalue weighted by atomic mass is 9.79. The van der Waals surface area contributed by atoms with Crippen LogP contribution >= 0.6 is 15.9 Å². The second-order valence-corrected chi connectivity index (χ2v) is 7.18. The number of aliphatic hydroxyl groups excluding tert-OH is 1. The fourth-order valence-corrected chi connectivity index (χ4v) is 4.04. The molecule has 3 atom stereocenters. The fraction of sp³-hybridized carbons (Fsp3) is 0.647. The molecule has 1 saturated carbocycles. The molecule has 2 N–H and O–H groups in total. The summed E-state index contributed by atoms with van der Waals surface area (Å²) in [7, 11) is 0. The van der Waals surface area contributed by atoms with Crippen LogP contribution in [-0.2, 0) is 0 Å². The summed E-state index contributed by atoms with van der Waals surface area (Å²) in [5.41, 5.74) is 1.26. The highest BCUT2D eigenvalue weighted by Gasteiger charge is 2.27. The van der Waals surface area contributed by atoms with E-state index < -0.39 is 0 Å². The van der Waals surface area contributed by atoms with E-state index >= 15 is 0 Å². The fourth-order valence-electron chi connectivity index (χ4n) is 3.66. The van der Waals surface area contributed by atoms with Gasteiger partial charge in [-0.25, -0.2) is 0 Å². The molecule has 0 saturated heterocycles. The van der Waals surface area contributed by atoms with Gasteiger partial charge in [0.1, 0.15) is 5.75 Å². The van der Waals surface area contributed by atoms with Crippen molar-refractivity contribution in [3.63, 3.8) is 0 Å². The van der Waals surface area contributed by atoms with E-state index in [1.807, 2.05) is 12.1 Å². The summed E-state index contributed by atoms with van der Waals surface area (Å²) in [5, 5.41) is 13.3. The molecule has 2 aliphatic rings. The van der Waals surface area contributed by atoms with Gasteiger partial charge in [-0.2, -0.15) is 0 Å². The van der Waals surface area contributed by atoms with E-state index in [4.69, 9.17) is 4.74 Å².